The van der Waals surface area contributed by atoms with Gasteiger partial charge in [0.05, 0.1) is 33.0 Å². The number of carbonyl (C=O) groups excluding carboxylic acids is 1. The van der Waals surface area contributed by atoms with Crippen molar-refractivity contribution in [1.29, 1.82) is 0 Å². The Morgan fingerprint density at radius 3 is 2.38 bits per heavy atom. The fourth-order valence-corrected chi connectivity index (χ4v) is 3.30. The monoisotopic (exact) mass is 348 g/mol. The van der Waals surface area contributed by atoms with Gasteiger partial charge in [-0.15, -0.1) is 0 Å². The summed E-state index contributed by atoms with van der Waals surface area (Å²) in [5, 5.41) is 10.9. The molecule has 2 aromatic carbocycles. The normalized spacial score (nSPS) is 13.0. The van der Waals surface area contributed by atoms with Gasteiger partial charge in [0.25, 0.3) is 5.69 Å². The van der Waals surface area contributed by atoms with Crippen LogP contribution in [0.4, 0.5) is 11.4 Å². The second kappa shape index (κ2) is 6.79. The summed E-state index contributed by atoms with van der Waals surface area (Å²) in [6, 6.07) is 10.6. The highest BCUT2D eigenvalue weighted by molar-refractivity contribution is 7.93. The summed E-state index contributed by atoms with van der Waals surface area (Å²) >= 11 is 0. The van der Waals surface area contributed by atoms with E-state index < -0.39 is 20.6 Å². The van der Waals surface area contributed by atoms with Crippen LogP contribution in [0.2, 0.25) is 0 Å². The van der Waals surface area contributed by atoms with E-state index in [1.165, 1.54) is 18.4 Å². The van der Waals surface area contributed by atoms with Crippen molar-refractivity contribution in [2.75, 3.05) is 13.4 Å². The Morgan fingerprint density at radius 1 is 1.21 bits per heavy atom. The molecule has 2 rings (SSSR count). The highest BCUT2D eigenvalue weighted by Crippen LogP contribution is 2.28. The van der Waals surface area contributed by atoms with Gasteiger partial charge in [0.15, 0.2) is 0 Å². The molecule has 126 valence electrons. The molecular formula is C16H16N2O5S. The van der Waals surface area contributed by atoms with Crippen LogP contribution in [0.25, 0.3) is 0 Å². The lowest BCUT2D eigenvalue weighted by atomic mass is 10.1. The third-order valence-corrected chi connectivity index (χ3v) is 5.02. The molecule has 7 nitrogen and oxygen atoms in total. The minimum atomic E-state index is -2.83. The largest absolute Gasteiger partial charge is 0.465 e. The first kappa shape index (κ1) is 17.6. The van der Waals surface area contributed by atoms with Crippen molar-refractivity contribution in [1.82, 2.24) is 0 Å². The van der Waals surface area contributed by atoms with Crippen LogP contribution in [-0.4, -0.2) is 28.5 Å². The van der Waals surface area contributed by atoms with E-state index in [-0.39, 0.29) is 16.9 Å². The van der Waals surface area contributed by atoms with Gasteiger partial charge in [-0.3, -0.25) is 10.1 Å². The zero-order chi connectivity index (χ0) is 17.9. The van der Waals surface area contributed by atoms with Crippen molar-refractivity contribution in [2.45, 2.75) is 11.8 Å². The van der Waals surface area contributed by atoms with E-state index in [2.05, 4.69) is 9.10 Å². The fraction of sp³-hybridized carbons (Fsp3) is 0.188. The molecule has 0 aromatic heterocycles. The van der Waals surface area contributed by atoms with Gasteiger partial charge in [-0.25, -0.2) is 9.00 Å². The summed E-state index contributed by atoms with van der Waals surface area (Å²) < 4.78 is 21.7. The number of ether oxygens (including phenoxy) is 1. The third kappa shape index (κ3) is 3.77. The first-order valence-corrected chi connectivity index (χ1v) is 8.82. The van der Waals surface area contributed by atoms with Crippen molar-refractivity contribution < 1.29 is 18.7 Å². The summed E-state index contributed by atoms with van der Waals surface area (Å²) in [4.78, 5) is 22.6. The van der Waals surface area contributed by atoms with Crippen LogP contribution in [0.5, 0.6) is 0 Å². The molecule has 0 aliphatic heterocycles. The Hall–Kier alpha value is -2.74. The van der Waals surface area contributed by atoms with Gasteiger partial charge >= 0.3 is 5.97 Å². The Kier molecular flexibility index (Phi) is 4.99. The maximum Gasteiger partial charge on any atom is 0.340 e. The molecule has 0 bridgehead atoms. The van der Waals surface area contributed by atoms with Crippen LogP contribution in [0, 0.1) is 17.0 Å². The van der Waals surface area contributed by atoms with Crippen molar-refractivity contribution in [2.24, 2.45) is 4.36 Å². The van der Waals surface area contributed by atoms with Gasteiger partial charge < -0.3 is 4.74 Å². The number of nitrogens with zero attached hydrogens (tertiary/aromatic N) is 2. The number of esters is 1. The number of nitro groups is 1. The molecule has 0 fully saturated rings. The Bertz CT molecular complexity index is 913. The summed E-state index contributed by atoms with van der Waals surface area (Å²) in [7, 11) is -1.67. The van der Waals surface area contributed by atoms with Crippen LogP contribution >= 0.6 is 0 Å². The molecule has 0 spiro atoms. The van der Waals surface area contributed by atoms with Crippen LogP contribution in [-0.2, 0) is 14.5 Å². The summed E-state index contributed by atoms with van der Waals surface area (Å²) in [6.07, 6.45) is 1.44. The third-order valence-electron chi connectivity index (χ3n) is 3.33. The molecule has 8 heteroatoms. The molecule has 0 aliphatic carbocycles. The van der Waals surface area contributed by atoms with E-state index in [1.807, 2.05) is 19.1 Å². The second-order valence-corrected chi connectivity index (χ2v) is 7.42. The van der Waals surface area contributed by atoms with E-state index in [0.29, 0.717) is 4.90 Å². The number of rotatable bonds is 4. The van der Waals surface area contributed by atoms with E-state index in [1.54, 1.807) is 12.1 Å². The predicted octanol–water partition coefficient (Wildman–Crippen LogP) is 3.48. The number of hydrogen-bond donors (Lipinski definition) is 0. The number of nitro benzene ring substituents is 1. The molecule has 1 atom stereocenters. The van der Waals surface area contributed by atoms with Crippen molar-refractivity contribution in [3.05, 3.63) is 63.7 Å². The average Bonchev–Trinajstić information content (AvgIpc) is 2.54. The van der Waals surface area contributed by atoms with Crippen molar-refractivity contribution >= 4 is 27.1 Å². The zero-order valence-electron chi connectivity index (χ0n) is 13.4. The second-order valence-electron chi connectivity index (χ2n) is 5.16. The summed E-state index contributed by atoms with van der Waals surface area (Å²) in [5.41, 5.74) is 0.723. The van der Waals surface area contributed by atoms with Gasteiger partial charge in [0.1, 0.15) is 0 Å². The number of aryl methyl sites for hydroxylation is 1. The molecule has 0 heterocycles. The topological polar surface area (TPSA) is 98.9 Å². The van der Waals surface area contributed by atoms with Gasteiger partial charge in [0, 0.05) is 23.3 Å². The fourth-order valence-electron chi connectivity index (χ4n) is 2.02. The predicted molar refractivity (Wildman–Crippen MR) is 90.0 cm³/mol. The minimum Gasteiger partial charge on any atom is -0.465 e. The Labute approximate surface area is 139 Å². The Morgan fingerprint density at radius 2 is 1.83 bits per heavy atom. The van der Waals surface area contributed by atoms with Crippen molar-refractivity contribution in [3.8, 4) is 0 Å². The molecule has 0 saturated carbocycles. The number of benzene rings is 2. The number of methoxy groups -OCH3 is 1. The van der Waals surface area contributed by atoms with E-state index >= 15 is 0 Å². The molecule has 24 heavy (non-hydrogen) atoms. The van der Waals surface area contributed by atoms with Crippen LogP contribution in [0.15, 0.2) is 51.7 Å². The van der Waals surface area contributed by atoms with Gasteiger partial charge in [-0.1, -0.05) is 17.7 Å². The SMILES string of the molecule is COC(=O)c1cc([N+](=O)[O-])ccc1N=S(C)(=O)c1ccc(C)cc1. The summed E-state index contributed by atoms with van der Waals surface area (Å²) in [5.74, 6) is -0.781. The van der Waals surface area contributed by atoms with Gasteiger partial charge in [0.2, 0.25) is 0 Å². The number of non-ortho nitro benzene ring substituents is 1. The molecular weight excluding hydrogens is 332 g/mol. The maximum atomic E-state index is 12.9. The lowest BCUT2D eigenvalue weighted by Crippen LogP contribution is -2.04. The first-order chi connectivity index (χ1) is 11.2. The smallest absolute Gasteiger partial charge is 0.340 e. The molecule has 0 saturated heterocycles. The standard InChI is InChI=1S/C16H16N2O5S/c1-11-4-7-13(8-5-11)24(3,22)17-15-9-6-12(18(20)21)10-14(15)16(19)23-2/h4-10H,1-3H3. The summed E-state index contributed by atoms with van der Waals surface area (Å²) in [6.45, 7) is 1.91. The minimum absolute atomic E-state index is 0.0838. The van der Waals surface area contributed by atoms with E-state index in [9.17, 15) is 19.1 Å². The van der Waals surface area contributed by atoms with Gasteiger partial charge in [-0.05, 0) is 25.1 Å². The molecule has 1 unspecified atom stereocenters. The lowest BCUT2D eigenvalue weighted by Gasteiger charge is -2.08. The highest BCUT2D eigenvalue weighted by atomic mass is 32.2. The quantitative estimate of drug-likeness (QED) is 0.478. The van der Waals surface area contributed by atoms with Crippen molar-refractivity contribution in [3.63, 3.8) is 0 Å². The first-order valence-electron chi connectivity index (χ1n) is 6.90. The molecule has 0 radical (unpaired) electrons. The van der Waals surface area contributed by atoms with E-state index in [4.69, 9.17) is 0 Å². The molecule has 0 N–H and O–H groups in total. The zero-order valence-corrected chi connectivity index (χ0v) is 14.2. The van der Waals surface area contributed by atoms with Gasteiger partial charge in [-0.2, -0.15) is 4.36 Å². The number of hydrogen-bond acceptors (Lipinski definition) is 6. The molecule has 2 aromatic rings. The lowest BCUT2D eigenvalue weighted by molar-refractivity contribution is -0.384. The number of carbonyl (C=O) groups is 1. The average molecular weight is 348 g/mol. The van der Waals surface area contributed by atoms with Crippen LogP contribution in [0.1, 0.15) is 15.9 Å². The molecule has 0 amide bonds. The molecule has 0 aliphatic rings. The van der Waals surface area contributed by atoms with Crippen LogP contribution < -0.4 is 0 Å². The van der Waals surface area contributed by atoms with Crippen LogP contribution in [0.3, 0.4) is 0 Å². The Balaban J connectivity index is 2.62. The highest BCUT2D eigenvalue weighted by Gasteiger charge is 2.18. The van der Waals surface area contributed by atoms with E-state index in [0.717, 1.165) is 18.7 Å². The maximum absolute atomic E-state index is 12.9.